The molecule has 0 saturated carbocycles. The van der Waals surface area contributed by atoms with Crippen molar-refractivity contribution in [1.82, 2.24) is 4.90 Å². The number of hydrogen-bond acceptors (Lipinski definition) is 3. The van der Waals surface area contributed by atoms with E-state index in [1.54, 1.807) is 32.3 Å². The highest BCUT2D eigenvalue weighted by molar-refractivity contribution is 6.00. The molecule has 0 fully saturated rings. The molecule has 0 aromatic heterocycles. The molecule has 0 unspecified atom stereocenters. The second-order valence-electron chi connectivity index (χ2n) is 4.28. The van der Waals surface area contributed by atoms with Gasteiger partial charge in [0.25, 0.3) is 0 Å². The van der Waals surface area contributed by atoms with Gasteiger partial charge in [-0.05, 0) is 19.1 Å². The summed E-state index contributed by atoms with van der Waals surface area (Å²) in [7, 11) is 3.21. The summed E-state index contributed by atoms with van der Waals surface area (Å²) in [6.07, 6.45) is 0. The van der Waals surface area contributed by atoms with E-state index in [2.05, 4.69) is 0 Å². The minimum absolute atomic E-state index is 0.0987. The van der Waals surface area contributed by atoms with Crippen molar-refractivity contribution in [1.29, 1.82) is 0 Å². The van der Waals surface area contributed by atoms with Crippen molar-refractivity contribution < 1.29 is 19.4 Å². The molecule has 0 saturated heterocycles. The minimum Gasteiger partial charge on any atom is -0.478 e. The highest BCUT2D eigenvalue weighted by Crippen LogP contribution is 2.20. The van der Waals surface area contributed by atoms with Crippen LogP contribution >= 0.6 is 0 Å². The zero-order valence-corrected chi connectivity index (χ0v) is 12.0. The molecule has 0 aliphatic carbocycles. The maximum Gasteiger partial charge on any atom is 0.337 e. The summed E-state index contributed by atoms with van der Waals surface area (Å²) in [6, 6.07) is 6.13. The van der Waals surface area contributed by atoms with E-state index in [9.17, 15) is 9.59 Å². The van der Waals surface area contributed by atoms with Crippen LogP contribution < -0.4 is 4.90 Å². The number of benzene rings is 1. The zero-order chi connectivity index (χ0) is 15.1. The van der Waals surface area contributed by atoms with Gasteiger partial charge >= 0.3 is 12.0 Å². The van der Waals surface area contributed by atoms with E-state index in [4.69, 9.17) is 9.84 Å². The van der Waals surface area contributed by atoms with Crippen LogP contribution in [0.25, 0.3) is 0 Å². The van der Waals surface area contributed by atoms with Gasteiger partial charge in [-0.3, -0.25) is 4.90 Å². The number of amides is 2. The predicted molar refractivity (Wildman–Crippen MR) is 76.3 cm³/mol. The summed E-state index contributed by atoms with van der Waals surface area (Å²) < 4.78 is 5.20. The van der Waals surface area contributed by atoms with Gasteiger partial charge in [-0.2, -0.15) is 0 Å². The summed E-state index contributed by atoms with van der Waals surface area (Å²) in [6.45, 7) is 3.39. The first-order chi connectivity index (χ1) is 9.49. The lowest BCUT2D eigenvalue weighted by atomic mass is 10.1. The second-order valence-corrected chi connectivity index (χ2v) is 4.28. The van der Waals surface area contributed by atoms with E-state index in [-0.39, 0.29) is 11.6 Å². The SMILES string of the molecule is CCOCCN(C)C(=O)N(C)c1ccccc1C(=O)O. The average Bonchev–Trinajstić information content (AvgIpc) is 2.45. The van der Waals surface area contributed by atoms with Gasteiger partial charge in [0.2, 0.25) is 0 Å². The molecule has 0 heterocycles. The molecule has 1 N–H and O–H groups in total. The van der Waals surface area contributed by atoms with Gasteiger partial charge in [-0.15, -0.1) is 0 Å². The molecule has 2 amide bonds. The molecule has 0 aliphatic heterocycles. The van der Waals surface area contributed by atoms with Crippen molar-refractivity contribution in [3.05, 3.63) is 29.8 Å². The maximum absolute atomic E-state index is 12.2. The van der Waals surface area contributed by atoms with Crippen LogP contribution in [0.3, 0.4) is 0 Å². The van der Waals surface area contributed by atoms with Crippen LogP contribution in [0.15, 0.2) is 24.3 Å². The average molecular weight is 280 g/mol. The molecule has 0 spiro atoms. The summed E-state index contributed by atoms with van der Waals surface area (Å²) in [4.78, 5) is 26.2. The number of carbonyl (C=O) groups is 2. The fourth-order valence-corrected chi connectivity index (χ4v) is 1.75. The lowest BCUT2D eigenvalue weighted by Crippen LogP contribution is -2.41. The first-order valence-corrected chi connectivity index (χ1v) is 6.38. The normalized spacial score (nSPS) is 10.2. The molecule has 0 bridgehead atoms. The number of nitrogens with zero attached hydrogens (tertiary/aromatic N) is 2. The monoisotopic (exact) mass is 280 g/mol. The Morgan fingerprint density at radius 1 is 1.25 bits per heavy atom. The third-order valence-electron chi connectivity index (χ3n) is 2.88. The second kappa shape index (κ2) is 7.49. The van der Waals surface area contributed by atoms with E-state index in [1.807, 2.05) is 6.92 Å². The van der Waals surface area contributed by atoms with Crippen LogP contribution in [0.1, 0.15) is 17.3 Å². The molecule has 0 radical (unpaired) electrons. The number of carboxylic acid groups (broad SMARTS) is 1. The largest absolute Gasteiger partial charge is 0.478 e. The van der Waals surface area contributed by atoms with E-state index in [1.165, 1.54) is 15.9 Å². The van der Waals surface area contributed by atoms with Crippen molar-refractivity contribution in [2.45, 2.75) is 6.92 Å². The molecule has 6 nitrogen and oxygen atoms in total. The number of rotatable bonds is 6. The van der Waals surface area contributed by atoms with Crippen molar-refractivity contribution in [2.24, 2.45) is 0 Å². The fraction of sp³-hybridized carbons (Fsp3) is 0.429. The lowest BCUT2D eigenvalue weighted by molar-refractivity contribution is 0.0697. The molecule has 1 aromatic rings. The smallest absolute Gasteiger partial charge is 0.337 e. The minimum atomic E-state index is -1.06. The number of carboxylic acids is 1. The fourth-order valence-electron chi connectivity index (χ4n) is 1.75. The topological polar surface area (TPSA) is 70.1 Å². The summed E-state index contributed by atoms with van der Waals surface area (Å²) in [5, 5.41) is 9.14. The molecular formula is C14H20N2O4. The van der Waals surface area contributed by atoms with Gasteiger partial charge in [0.1, 0.15) is 0 Å². The number of likely N-dealkylation sites (N-methyl/N-ethyl adjacent to an activating group) is 1. The van der Waals surface area contributed by atoms with Gasteiger partial charge in [0.15, 0.2) is 0 Å². The van der Waals surface area contributed by atoms with Crippen LogP contribution in [0.5, 0.6) is 0 Å². The van der Waals surface area contributed by atoms with Crippen LogP contribution in [-0.4, -0.2) is 55.9 Å². The van der Waals surface area contributed by atoms with Gasteiger partial charge in [-0.25, -0.2) is 9.59 Å². The molecule has 110 valence electrons. The molecule has 1 aromatic carbocycles. The first kappa shape index (κ1) is 16.0. The first-order valence-electron chi connectivity index (χ1n) is 6.38. The van der Waals surface area contributed by atoms with Gasteiger partial charge in [-0.1, -0.05) is 12.1 Å². The zero-order valence-electron chi connectivity index (χ0n) is 12.0. The summed E-state index contributed by atoms with van der Waals surface area (Å²) >= 11 is 0. The van der Waals surface area contributed by atoms with E-state index < -0.39 is 5.97 Å². The molecule has 1 rings (SSSR count). The van der Waals surface area contributed by atoms with Crippen LogP contribution in [-0.2, 0) is 4.74 Å². The standard InChI is InChI=1S/C14H20N2O4/c1-4-20-10-9-15(2)14(19)16(3)12-8-6-5-7-11(12)13(17)18/h5-8H,4,9-10H2,1-3H3,(H,17,18). The molecule has 6 heteroatoms. The maximum atomic E-state index is 12.2. The summed E-state index contributed by atoms with van der Waals surface area (Å²) in [5.74, 6) is -1.06. The Morgan fingerprint density at radius 2 is 1.90 bits per heavy atom. The number of anilines is 1. The predicted octanol–water partition coefficient (Wildman–Crippen LogP) is 1.91. The van der Waals surface area contributed by atoms with Crippen LogP contribution in [0.2, 0.25) is 0 Å². The van der Waals surface area contributed by atoms with Gasteiger partial charge in [0, 0.05) is 27.2 Å². The lowest BCUT2D eigenvalue weighted by Gasteiger charge is -2.25. The van der Waals surface area contributed by atoms with Crippen LogP contribution in [0.4, 0.5) is 10.5 Å². The van der Waals surface area contributed by atoms with Crippen molar-refractivity contribution in [3.63, 3.8) is 0 Å². The quantitative estimate of drug-likeness (QED) is 0.808. The highest BCUT2D eigenvalue weighted by Gasteiger charge is 2.20. The molecule has 0 atom stereocenters. The van der Waals surface area contributed by atoms with E-state index in [0.29, 0.717) is 25.4 Å². The van der Waals surface area contributed by atoms with Gasteiger partial charge in [0.05, 0.1) is 17.9 Å². The number of ether oxygens (including phenoxy) is 1. The third-order valence-corrected chi connectivity index (χ3v) is 2.88. The highest BCUT2D eigenvalue weighted by atomic mass is 16.5. The van der Waals surface area contributed by atoms with Crippen molar-refractivity contribution >= 4 is 17.7 Å². The number of para-hydroxylation sites is 1. The van der Waals surface area contributed by atoms with Crippen LogP contribution in [0, 0.1) is 0 Å². The Bertz CT molecular complexity index is 476. The Kier molecular flexibility index (Phi) is 5.99. The Labute approximate surface area is 118 Å². The Morgan fingerprint density at radius 3 is 2.50 bits per heavy atom. The molecular weight excluding hydrogens is 260 g/mol. The van der Waals surface area contributed by atoms with Crippen molar-refractivity contribution in [3.8, 4) is 0 Å². The third kappa shape index (κ3) is 3.96. The molecule has 0 aliphatic rings. The van der Waals surface area contributed by atoms with Crippen molar-refractivity contribution in [2.75, 3.05) is 38.8 Å². The van der Waals surface area contributed by atoms with Gasteiger partial charge < -0.3 is 14.7 Å². The number of aromatic carboxylic acids is 1. The van der Waals surface area contributed by atoms with E-state index in [0.717, 1.165) is 0 Å². The Hall–Kier alpha value is -2.08. The number of hydrogen-bond donors (Lipinski definition) is 1. The molecule has 20 heavy (non-hydrogen) atoms. The Balaban J connectivity index is 2.81. The summed E-state index contributed by atoms with van der Waals surface area (Å²) in [5.41, 5.74) is 0.467. The number of carbonyl (C=O) groups excluding carboxylic acids is 1. The van der Waals surface area contributed by atoms with E-state index >= 15 is 0 Å². The number of urea groups is 1.